The third kappa shape index (κ3) is 4.54. The highest BCUT2D eigenvalue weighted by molar-refractivity contribution is 9.11. The topological polar surface area (TPSA) is 65.2 Å². The summed E-state index contributed by atoms with van der Waals surface area (Å²) < 4.78 is 6.15. The smallest absolute Gasteiger partial charge is 0.255 e. The van der Waals surface area contributed by atoms with Crippen LogP contribution in [-0.4, -0.2) is 17.5 Å². The fourth-order valence-electron chi connectivity index (χ4n) is 1.92. The third-order valence-electron chi connectivity index (χ3n) is 2.77. The number of hydrogen-bond acceptors (Lipinski definition) is 4. The lowest BCUT2D eigenvalue weighted by atomic mass is 10.0. The van der Waals surface area contributed by atoms with Gasteiger partial charge < -0.3 is 10.5 Å². The maximum absolute atomic E-state index is 10.7. The van der Waals surface area contributed by atoms with E-state index in [0.717, 1.165) is 21.6 Å². The van der Waals surface area contributed by atoms with Crippen LogP contribution in [0.4, 0.5) is 0 Å². The predicted octanol–water partition coefficient (Wildman–Crippen LogP) is 3.64. The van der Waals surface area contributed by atoms with Crippen LogP contribution in [0.5, 0.6) is 5.75 Å². The van der Waals surface area contributed by atoms with Crippen molar-refractivity contribution < 1.29 is 9.53 Å². The standard InChI is InChI=1S/C15H17BrN2O2S/c1-9(2)7-12-14(18-15(16)21-12)10-3-5-11(6-4-10)20-8-13(17)19/h3-6,9H,7-8H2,1-2H3,(H2,17,19). The molecule has 0 radical (unpaired) electrons. The third-order valence-corrected chi connectivity index (χ3v) is 4.30. The molecule has 2 N–H and O–H groups in total. The molecule has 0 fully saturated rings. The van der Waals surface area contributed by atoms with E-state index in [1.807, 2.05) is 24.3 Å². The van der Waals surface area contributed by atoms with E-state index in [2.05, 4.69) is 34.8 Å². The van der Waals surface area contributed by atoms with Crippen LogP contribution in [0.25, 0.3) is 11.3 Å². The number of benzene rings is 1. The Hall–Kier alpha value is -1.40. The molecule has 0 aliphatic rings. The van der Waals surface area contributed by atoms with E-state index in [0.29, 0.717) is 11.7 Å². The molecule has 1 heterocycles. The molecule has 2 rings (SSSR count). The van der Waals surface area contributed by atoms with E-state index in [1.54, 1.807) is 11.3 Å². The SMILES string of the molecule is CC(C)Cc1sc(Br)nc1-c1ccc(OCC(N)=O)cc1. The number of rotatable bonds is 6. The zero-order valence-corrected chi connectivity index (χ0v) is 14.3. The molecule has 21 heavy (non-hydrogen) atoms. The van der Waals surface area contributed by atoms with E-state index in [1.165, 1.54) is 4.88 Å². The number of primary amides is 1. The normalized spacial score (nSPS) is 10.9. The number of carbonyl (C=O) groups excluding carboxylic acids is 1. The number of hydrogen-bond donors (Lipinski definition) is 1. The number of thiazole rings is 1. The number of nitrogens with two attached hydrogens (primary N) is 1. The van der Waals surface area contributed by atoms with Gasteiger partial charge in [0.15, 0.2) is 10.5 Å². The zero-order chi connectivity index (χ0) is 15.4. The highest BCUT2D eigenvalue weighted by atomic mass is 79.9. The average Bonchev–Trinajstić information content (AvgIpc) is 2.77. The van der Waals surface area contributed by atoms with E-state index < -0.39 is 5.91 Å². The first-order chi connectivity index (χ1) is 9.95. The summed E-state index contributed by atoms with van der Waals surface area (Å²) in [4.78, 5) is 16.5. The van der Waals surface area contributed by atoms with Crippen LogP contribution < -0.4 is 10.5 Å². The maximum atomic E-state index is 10.7. The molecule has 0 atom stereocenters. The van der Waals surface area contributed by atoms with Crippen molar-refractivity contribution in [3.05, 3.63) is 33.1 Å². The predicted molar refractivity (Wildman–Crippen MR) is 88.5 cm³/mol. The quantitative estimate of drug-likeness (QED) is 0.846. The van der Waals surface area contributed by atoms with E-state index >= 15 is 0 Å². The molecule has 4 nitrogen and oxygen atoms in total. The summed E-state index contributed by atoms with van der Waals surface area (Å²) >= 11 is 5.13. The highest BCUT2D eigenvalue weighted by Crippen LogP contribution is 2.33. The van der Waals surface area contributed by atoms with Crippen LogP contribution in [0.15, 0.2) is 28.2 Å². The minimum absolute atomic E-state index is 0.111. The average molecular weight is 369 g/mol. The van der Waals surface area contributed by atoms with Crippen molar-refractivity contribution in [3.8, 4) is 17.0 Å². The lowest BCUT2D eigenvalue weighted by Gasteiger charge is -2.07. The summed E-state index contributed by atoms with van der Waals surface area (Å²) in [6.45, 7) is 4.27. The van der Waals surface area contributed by atoms with Crippen LogP contribution in [0, 0.1) is 5.92 Å². The molecule has 0 saturated heterocycles. The van der Waals surface area contributed by atoms with Gasteiger partial charge in [-0.1, -0.05) is 13.8 Å². The van der Waals surface area contributed by atoms with Gasteiger partial charge in [0, 0.05) is 10.4 Å². The van der Waals surface area contributed by atoms with Crippen molar-refractivity contribution in [2.24, 2.45) is 11.7 Å². The van der Waals surface area contributed by atoms with Gasteiger partial charge in [0.25, 0.3) is 5.91 Å². The van der Waals surface area contributed by atoms with Crippen molar-refractivity contribution in [1.82, 2.24) is 4.98 Å². The molecule has 1 amide bonds. The van der Waals surface area contributed by atoms with Gasteiger partial charge in [-0.15, -0.1) is 11.3 Å². The first kappa shape index (κ1) is 16.0. The molecule has 0 aliphatic heterocycles. The van der Waals surface area contributed by atoms with Gasteiger partial charge in [-0.2, -0.15) is 0 Å². The minimum Gasteiger partial charge on any atom is -0.484 e. The second-order valence-corrected chi connectivity index (χ2v) is 7.48. The number of amides is 1. The van der Waals surface area contributed by atoms with Crippen molar-refractivity contribution in [3.63, 3.8) is 0 Å². The molecule has 0 spiro atoms. The highest BCUT2D eigenvalue weighted by Gasteiger charge is 2.13. The lowest BCUT2D eigenvalue weighted by molar-refractivity contribution is -0.119. The van der Waals surface area contributed by atoms with Crippen LogP contribution in [0.2, 0.25) is 0 Å². The Morgan fingerprint density at radius 1 is 1.38 bits per heavy atom. The monoisotopic (exact) mass is 368 g/mol. The Morgan fingerprint density at radius 2 is 2.05 bits per heavy atom. The molecule has 0 saturated carbocycles. The second-order valence-electron chi connectivity index (χ2n) is 5.12. The summed E-state index contributed by atoms with van der Waals surface area (Å²) in [7, 11) is 0. The molecule has 0 unspecified atom stereocenters. The lowest BCUT2D eigenvalue weighted by Crippen LogP contribution is -2.19. The van der Waals surface area contributed by atoms with E-state index in [9.17, 15) is 4.79 Å². The molecular formula is C15H17BrN2O2S. The van der Waals surface area contributed by atoms with Gasteiger partial charge in [-0.05, 0) is 52.5 Å². The Morgan fingerprint density at radius 3 is 2.62 bits per heavy atom. The van der Waals surface area contributed by atoms with Gasteiger partial charge in [-0.25, -0.2) is 4.98 Å². The fourth-order valence-corrected chi connectivity index (χ4v) is 3.70. The summed E-state index contributed by atoms with van der Waals surface area (Å²) in [5.74, 6) is 0.716. The van der Waals surface area contributed by atoms with E-state index in [4.69, 9.17) is 10.5 Å². The minimum atomic E-state index is -0.485. The number of nitrogens with zero attached hydrogens (tertiary/aromatic N) is 1. The van der Waals surface area contributed by atoms with Crippen LogP contribution >= 0.6 is 27.3 Å². The van der Waals surface area contributed by atoms with Crippen LogP contribution in [-0.2, 0) is 11.2 Å². The van der Waals surface area contributed by atoms with Crippen LogP contribution in [0.1, 0.15) is 18.7 Å². The number of carbonyl (C=O) groups is 1. The molecule has 2 aromatic rings. The van der Waals surface area contributed by atoms with Crippen molar-refractivity contribution in [2.75, 3.05) is 6.61 Å². The van der Waals surface area contributed by atoms with Crippen molar-refractivity contribution >= 4 is 33.2 Å². The summed E-state index contributed by atoms with van der Waals surface area (Å²) in [6.07, 6.45) is 0.999. The molecule has 0 aliphatic carbocycles. The summed E-state index contributed by atoms with van der Waals surface area (Å²) in [5, 5.41) is 0. The Kier molecular flexibility index (Phi) is 5.36. The molecule has 112 valence electrons. The largest absolute Gasteiger partial charge is 0.484 e. The molecule has 1 aromatic carbocycles. The number of aromatic nitrogens is 1. The zero-order valence-electron chi connectivity index (χ0n) is 11.9. The molecular weight excluding hydrogens is 352 g/mol. The van der Waals surface area contributed by atoms with Gasteiger partial charge in [0.1, 0.15) is 5.75 Å². The van der Waals surface area contributed by atoms with Gasteiger partial charge in [-0.3, -0.25) is 4.79 Å². The Labute approximate surface area is 136 Å². The maximum Gasteiger partial charge on any atom is 0.255 e. The molecule has 1 aromatic heterocycles. The molecule has 6 heteroatoms. The van der Waals surface area contributed by atoms with E-state index in [-0.39, 0.29) is 6.61 Å². The summed E-state index contributed by atoms with van der Waals surface area (Å²) in [6, 6.07) is 7.54. The van der Waals surface area contributed by atoms with Gasteiger partial charge >= 0.3 is 0 Å². The van der Waals surface area contributed by atoms with Crippen molar-refractivity contribution in [2.45, 2.75) is 20.3 Å². The first-order valence-corrected chi connectivity index (χ1v) is 8.23. The second kappa shape index (κ2) is 7.04. The Bertz CT molecular complexity index is 623. The fraction of sp³-hybridized carbons (Fsp3) is 0.333. The molecule has 0 bridgehead atoms. The van der Waals surface area contributed by atoms with Gasteiger partial charge in [0.2, 0.25) is 0 Å². The summed E-state index contributed by atoms with van der Waals surface area (Å²) in [5.41, 5.74) is 7.10. The van der Waals surface area contributed by atoms with Gasteiger partial charge in [0.05, 0.1) is 5.69 Å². The van der Waals surface area contributed by atoms with Crippen molar-refractivity contribution in [1.29, 1.82) is 0 Å². The Balaban J connectivity index is 2.20. The number of halogens is 1. The number of ether oxygens (including phenoxy) is 1. The van der Waals surface area contributed by atoms with Crippen LogP contribution in [0.3, 0.4) is 0 Å². The first-order valence-electron chi connectivity index (χ1n) is 6.62.